The van der Waals surface area contributed by atoms with E-state index in [1.165, 1.54) is 20.1 Å². The molecule has 1 aromatic carbocycles. The van der Waals surface area contributed by atoms with Gasteiger partial charge in [-0.1, -0.05) is 24.3 Å². The summed E-state index contributed by atoms with van der Waals surface area (Å²) in [5.41, 5.74) is 0.412. The van der Waals surface area contributed by atoms with Gasteiger partial charge in [0, 0.05) is 47.5 Å². The number of anilines is 1. The summed E-state index contributed by atoms with van der Waals surface area (Å²) in [7, 11) is 3.29. The van der Waals surface area contributed by atoms with Gasteiger partial charge in [-0.05, 0) is 37.3 Å². The number of methoxy groups -OCH3 is 1. The first-order valence-electron chi connectivity index (χ1n) is 10.7. The van der Waals surface area contributed by atoms with E-state index in [9.17, 15) is 18.0 Å². The van der Waals surface area contributed by atoms with Gasteiger partial charge in [0.05, 0.1) is 18.9 Å². The minimum atomic E-state index is -4.72. The Balaban J connectivity index is 1.70. The normalized spacial score (nSPS) is 12.2. The third-order valence-corrected chi connectivity index (χ3v) is 5.06. The zero-order valence-corrected chi connectivity index (χ0v) is 20.8. The number of hydrogen-bond acceptors (Lipinski definition) is 5. The van der Waals surface area contributed by atoms with Crippen molar-refractivity contribution < 1.29 is 27.4 Å². The molecule has 2 aromatic heterocycles. The Bertz CT molecular complexity index is 1350. The molecule has 8 nitrogen and oxygen atoms in total. The zero-order valence-electron chi connectivity index (χ0n) is 20.1. The first-order chi connectivity index (χ1) is 17.5. The average molecular weight is 534 g/mol. The van der Waals surface area contributed by atoms with Gasteiger partial charge in [-0.3, -0.25) is 9.67 Å². The Morgan fingerprint density at radius 2 is 1.92 bits per heavy atom. The number of nitrogens with one attached hydrogen (secondary N) is 2. The highest BCUT2D eigenvalue weighted by molar-refractivity contribution is 6.31. The third kappa shape index (κ3) is 7.14. The summed E-state index contributed by atoms with van der Waals surface area (Å²) in [6, 6.07) is 7.24. The number of aryl methyl sites for hydroxylation is 1. The first kappa shape index (κ1) is 27.3. The van der Waals surface area contributed by atoms with Gasteiger partial charge in [0.25, 0.3) is 0 Å². The summed E-state index contributed by atoms with van der Waals surface area (Å²) < 4.78 is 52.4. The van der Waals surface area contributed by atoms with Crippen molar-refractivity contribution in [2.75, 3.05) is 12.4 Å². The summed E-state index contributed by atoms with van der Waals surface area (Å²) in [5, 5.41) is 8.33. The molecule has 0 saturated carbocycles. The maximum absolute atomic E-state index is 13.1. The molecule has 0 aliphatic heterocycles. The van der Waals surface area contributed by atoms with E-state index in [1.807, 2.05) is 0 Å². The monoisotopic (exact) mass is 533 g/mol. The molecule has 0 aliphatic carbocycles. The van der Waals surface area contributed by atoms with Crippen molar-refractivity contribution in [1.29, 1.82) is 0 Å². The first-order valence-corrected chi connectivity index (χ1v) is 11.1. The number of pyridine rings is 1. The maximum Gasteiger partial charge on any atom is 0.417 e. The molecule has 0 atom stereocenters. The van der Waals surface area contributed by atoms with E-state index in [0.29, 0.717) is 34.7 Å². The number of nitrogens with zero attached hydrogens (tertiary/aromatic N) is 3. The lowest BCUT2D eigenvalue weighted by Crippen LogP contribution is -2.28. The topological polar surface area (TPSA) is 90.3 Å². The van der Waals surface area contributed by atoms with E-state index >= 15 is 0 Å². The van der Waals surface area contributed by atoms with Crippen LogP contribution >= 0.6 is 11.6 Å². The Hall–Kier alpha value is -4.25. The van der Waals surface area contributed by atoms with Crippen LogP contribution in [0.25, 0.3) is 11.3 Å². The van der Waals surface area contributed by atoms with Crippen LogP contribution < -0.4 is 20.1 Å². The lowest BCUT2D eigenvalue weighted by atomic mass is 10.2. The SMILES string of the molecule is C=C(Cl)/C(=C\C(=CC)NC(=O)Nc1ccc(Oc2ccnc(-c3cnn(C)c3)c2OC)cc1)C(F)(F)F. The second-order valence-electron chi connectivity index (χ2n) is 7.50. The highest BCUT2D eigenvalue weighted by Gasteiger charge is 2.35. The van der Waals surface area contributed by atoms with E-state index in [1.54, 1.807) is 60.7 Å². The Morgan fingerprint density at radius 1 is 1.22 bits per heavy atom. The summed E-state index contributed by atoms with van der Waals surface area (Å²) >= 11 is 5.46. The number of aromatic nitrogens is 3. The molecular weight excluding hydrogens is 511 g/mol. The third-order valence-electron chi connectivity index (χ3n) is 4.86. The van der Waals surface area contributed by atoms with Crippen LogP contribution in [0.5, 0.6) is 17.2 Å². The van der Waals surface area contributed by atoms with E-state index in [2.05, 4.69) is 27.3 Å². The highest BCUT2D eigenvalue weighted by Crippen LogP contribution is 2.38. The van der Waals surface area contributed by atoms with Gasteiger partial charge in [-0.25, -0.2) is 4.79 Å². The van der Waals surface area contributed by atoms with Crippen molar-refractivity contribution in [2.45, 2.75) is 13.1 Å². The number of rotatable bonds is 8. The van der Waals surface area contributed by atoms with Crippen LogP contribution in [0.15, 0.2) is 84.0 Å². The van der Waals surface area contributed by atoms with Crippen molar-refractivity contribution in [3.8, 4) is 28.5 Å². The second kappa shape index (κ2) is 11.7. The molecule has 2 N–H and O–H groups in total. The van der Waals surface area contributed by atoms with Gasteiger partial charge in [0.2, 0.25) is 0 Å². The molecule has 0 bridgehead atoms. The van der Waals surface area contributed by atoms with E-state index in [4.69, 9.17) is 21.1 Å². The minimum Gasteiger partial charge on any atom is -0.491 e. The quantitative estimate of drug-likeness (QED) is 0.320. The fourth-order valence-corrected chi connectivity index (χ4v) is 3.31. The largest absolute Gasteiger partial charge is 0.491 e. The van der Waals surface area contributed by atoms with Gasteiger partial charge < -0.3 is 20.1 Å². The van der Waals surface area contributed by atoms with Gasteiger partial charge in [-0.2, -0.15) is 18.3 Å². The van der Waals surface area contributed by atoms with Gasteiger partial charge in [0.1, 0.15) is 11.4 Å². The molecule has 3 rings (SSSR count). The Morgan fingerprint density at radius 3 is 2.46 bits per heavy atom. The highest BCUT2D eigenvalue weighted by atomic mass is 35.5. The fourth-order valence-electron chi connectivity index (χ4n) is 3.15. The van der Waals surface area contributed by atoms with Crippen LogP contribution in [0, 0.1) is 0 Å². The van der Waals surface area contributed by atoms with Crippen molar-refractivity contribution in [1.82, 2.24) is 20.1 Å². The van der Waals surface area contributed by atoms with Gasteiger partial charge in [-0.15, -0.1) is 0 Å². The number of allylic oxidation sites excluding steroid dienone is 4. The standard InChI is InChI=1S/C25H23ClF3N5O3/c1-5-17(12-20(15(2)26)25(27,28)29)32-24(35)33-18-6-8-19(9-7-18)37-21-10-11-30-22(23(21)36-4)16-13-31-34(3)14-16/h5-14H,2H2,1,3-4H3,(H2,32,33,35)/b17-5?,20-12+. The molecule has 0 aliphatic rings. The number of alkyl halides is 3. The molecule has 12 heteroatoms. The minimum absolute atomic E-state index is 0.110. The van der Waals surface area contributed by atoms with Crippen molar-refractivity contribution in [2.24, 2.45) is 7.05 Å². The molecule has 3 aromatic rings. The Kier molecular flexibility index (Phi) is 8.61. The van der Waals surface area contributed by atoms with Gasteiger partial charge >= 0.3 is 12.2 Å². The van der Waals surface area contributed by atoms with Crippen LogP contribution in [0.3, 0.4) is 0 Å². The van der Waals surface area contributed by atoms with Crippen LogP contribution in [-0.4, -0.2) is 34.1 Å². The molecule has 0 radical (unpaired) electrons. The maximum atomic E-state index is 13.1. The van der Waals surface area contributed by atoms with Crippen LogP contribution in [0.4, 0.5) is 23.7 Å². The molecule has 194 valence electrons. The number of ether oxygens (including phenoxy) is 2. The summed E-state index contributed by atoms with van der Waals surface area (Å²) in [4.78, 5) is 16.7. The number of amides is 2. The smallest absolute Gasteiger partial charge is 0.417 e. The van der Waals surface area contributed by atoms with Crippen molar-refractivity contribution in [3.63, 3.8) is 0 Å². The van der Waals surface area contributed by atoms with E-state index < -0.39 is 22.8 Å². The van der Waals surface area contributed by atoms with E-state index in [0.717, 1.165) is 5.56 Å². The lowest BCUT2D eigenvalue weighted by Gasteiger charge is -2.14. The van der Waals surface area contributed by atoms with Crippen molar-refractivity contribution >= 4 is 23.3 Å². The second-order valence-corrected chi connectivity index (χ2v) is 7.96. The van der Waals surface area contributed by atoms with Gasteiger partial charge in [0.15, 0.2) is 11.5 Å². The number of carbonyl (C=O) groups excluding carboxylic acids is 1. The predicted octanol–water partition coefficient (Wildman–Crippen LogP) is 6.55. The number of halogens is 4. The fraction of sp³-hybridized carbons (Fsp3) is 0.160. The molecule has 2 amide bonds. The molecule has 2 heterocycles. The zero-order chi connectivity index (χ0) is 27.2. The molecule has 37 heavy (non-hydrogen) atoms. The summed E-state index contributed by atoms with van der Waals surface area (Å²) in [5.74, 6) is 1.28. The average Bonchev–Trinajstić information content (AvgIpc) is 3.27. The van der Waals surface area contributed by atoms with Crippen LogP contribution in [-0.2, 0) is 7.05 Å². The Labute approximate surface area is 216 Å². The van der Waals surface area contributed by atoms with Crippen LogP contribution in [0.1, 0.15) is 6.92 Å². The number of urea groups is 1. The van der Waals surface area contributed by atoms with Crippen LogP contribution in [0.2, 0.25) is 0 Å². The lowest BCUT2D eigenvalue weighted by molar-refractivity contribution is -0.0886. The molecule has 0 fully saturated rings. The molecule has 0 unspecified atom stereocenters. The molecular formula is C25H23ClF3N5O3. The summed E-state index contributed by atoms with van der Waals surface area (Å²) in [6.45, 7) is 4.59. The summed E-state index contributed by atoms with van der Waals surface area (Å²) in [6.07, 6.45) is 2.31. The predicted molar refractivity (Wildman–Crippen MR) is 135 cm³/mol. The van der Waals surface area contributed by atoms with Crippen molar-refractivity contribution in [3.05, 3.63) is 84.0 Å². The number of hydrogen-bond donors (Lipinski definition) is 2. The number of carbonyl (C=O) groups is 1. The molecule has 0 saturated heterocycles. The number of benzene rings is 1. The van der Waals surface area contributed by atoms with E-state index in [-0.39, 0.29) is 5.70 Å². The molecule has 0 spiro atoms.